The van der Waals surface area contributed by atoms with Gasteiger partial charge in [-0.25, -0.2) is 4.79 Å². The number of ether oxygens (including phenoxy) is 1. The summed E-state index contributed by atoms with van der Waals surface area (Å²) in [6.45, 7) is 7.07. The van der Waals surface area contributed by atoms with Crippen LogP contribution >= 0.6 is 0 Å². The van der Waals surface area contributed by atoms with Gasteiger partial charge in [-0.1, -0.05) is 32.9 Å². The van der Waals surface area contributed by atoms with E-state index in [1.807, 2.05) is 18.2 Å². The molecule has 136 valence electrons. The zero-order chi connectivity index (χ0) is 18.2. The van der Waals surface area contributed by atoms with Crippen molar-refractivity contribution in [2.45, 2.75) is 58.4 Å². The molecule has 1 heterocycles. The maximum absolute atomic E-state index is 12.1. The summed E-state index contributed by atoms with van der Waals surface area (Å²) in [6.07, 6.45) is 3.02. The van der Waals surface area contributed by atoms with Gasteiger partial charge in [0.25, 0.3) is 0 Å². The van der Waals surface area contributed by atoms with Gasteiger partial charge in [-0.15, -0.1) is 0 Å². The molecule has 1 atom stereocenters. The van der Waals surface area contributed by atoms with E-state index in [4.69, 9.17) is 4.74 Å². The summed E-state index contributed by atoms with van der Waals surface area (Å²) >= 11 is 0. The van der Waals surface area contributed by atoms with Crippen molar-refractivity contribution >= 4 is 11.9 Å². The van der Waals surface area contributed by atoms with Gasteiger partial charge in [-0.3, -0.25) is 9.69 Å². The van der Waals surface area contributed by atoms with Crippen LogP contribution in [-0.4, -0.2) is 40.6 Å². The third kappa shape index (κ3) is 3.00. The second kappa shape index (κ2) is 6.36. The number of nitrogens with zero attached hydrogens (tertiary/aromatic N) is 1. The van der Waals surface area contributed by atoms with Gasteiger partial charge in [0.1, 0.15) is 12.4 Å². The molecule has 0 saturated carbocycles. The number of hydrogen-bond acceptors (Lipinski definition) is 3. The van der Waals surface area contributed by atoms with Crippen LogP contribution in [0, 0.1) is 5.41 Å². The molecule has 1 aliphatic carbocycles. The molecule has 0 radical (unpaired) electrons. The monoisotopic (exact) mass is 345 g/mol. The first-order valence-corrected chi connectivity index (χ1v) is 9.05. The molecule has 0 bridgehead atoms. The Labute approximate surface area is 149 Å². The second-order valence-electron chi connectivity index (χ2n) is 8.17. The van der Waals surface area contributed by atoms with E-state index < -0.39 is 11.6 Å². The molecule has 25 heavy (non-hydrogen) atoms. The van der Waals surface area contributed by atoms with Crippen molar-refractivity contribution in [1.82, 2.24) is 4.90 Å². The summed E-state index contributed by atoms with van der Waals surface area (Å²) < 4.78 is 6.19. The molecule has 1 fully saturated rings. The van der Waals surface area contributed by atoms with Gasteiger partial charge in [0.15, 0.2) is 5.78 Å². The predicted molar refractivity (Wildman–Crippen MR) is 95.4 cm³/mol. The molecule has 1 amide bonds. The average molecular weight is 345 g/mol. The Kier molecular flexibility index (Phi) is 4.52. The van der Waals surface area contributed by atoms with E-state index in [2.05, 4.69) is 20.8 Å². The number of rotatable bonds is 3. The molecular weight excluding hydrogens is 318 g/mol. The van der Waals surface area contributed by atoms with Gasteiger partial charge in [0.05, 0.1) is 5.54 Å². The maximum Gasteiger partial charge on any atom is 0.407 e. The molecule has 1 saturated heterocycles. The first-order valence-electron chi connectivity index (χ1n) is 9.05. The molecule has 3 rings (SSSR count). The summed E-state index contributed by atoms with van der Waals surface area (Å²) in [6, 6.07) is 5.61. The lowest BCUT2D eigenvalue weighted by Crippen LogP contribution is -2.58. The highest BCUT2D eigenvalue weighted by atomic mass is 16.5. The van der Waals surface area contributed by atoms with Crippen LogP contribution in [0.1, 0.15) is 62.4 Å². The molecule has 1 aromatic rings. The predicted octanol–water partition coefficient (Wildman–Crippen LogP) is 4.14. The highest BCUT2D eigenvalue weighted by Crippen LogP contribution is 2.44. The fourth-order valence-electron chi connectivity index (χ4n) is 4.28. The molecular formula is C20H27NO4. The molecule has 0 unspecified atom stereocenters. The molecule has 0 aromatic heterocycles. The number of Topliss-reactive ketones (excluding diaryl/α,β-unsaturated/α-hetero) is 1. The van der Waals surface area contributed by atoms with Gasteiger partial charge in [0, 0.05) is 24.1 Å². The summed E-state index contributed by atoms with van der Waals surface area (Å²) in [5.74, 6) is 0.900. The van der Waals surface area contributed by atoms with Crippen molar-refractivity contribution < 1.29 is 19.4 Å². The second-order valence-corrected chi connectivity index (χ2v) is 8.17. The number of benzene rings is 1. The normalized spacial score (nSPS) is 23.5. The van der Waals surface area contributed by atoms with E-state index in [-0.39, 0.29) is 11.2 Å². The van der Waals surface area contributed by atoms with E-state index in [9.17, 15) is 14.7 Å². The number of carboxylic acid groups (broad SMARTS) is 1. The maximum atomic E-state index is 12.1. The van der Waals surface area contributed by atoms with Crippen LogP contribution in [0.25, 0.3) is 0 Å². The Hall–Kier alpha value is -2.04. The number of carbonyl (C=O) groups is 2. The largest absolute Gasteiger partial charge is 0.491 e. The number of fused-ring (bicyclic) bond motifs is 1. The first kappa shape index (κ1) is 17.8. The smallest absolute Gasteiger partial charge is 0.407 e. The Morgan fingerprint density at radius 2 is 2.04 bits per heavy atom. The van der Waals surface area contributed by atoms with Crippen molar-refractivity contribution in [2.75, 3.05) is 13.2 Å². The van der Waals surface area contributed by atoms with Crippen LogP contribution < -0.4 is 4.74 Å². The zero-order valence-electron chi connectivity index (χ0n) is 15.3. The molecule has 2 aliphatic rings. The molecule has 1 aromatic carbocycles. The Morgan fingerprint density at radius 3 is 2.72 bits per heavy atom. The van der Waals surface area contributed by atoms with Crippen molar-refractivity contribution in [3.63, 3.8) is 0 Å². The van der Waals surface area contributed by atoms with Crippen LogP contribution in [0.5, 0.6) is 5.75 Å². The Bertz CT molecular complexity index is 691. The number of amides is 1. The van der Waals surface area contributed by atoms with Gasteiger partial charge >= 0.3 is 6.09 Å². The number of carbonyl (C=O) groups excluding carboxylic acids is 1. The van der Waals surface area contributed by atoms with E-state index in [0.29, 0.717) is 19.6 Å². The van der Waals surface area contributed by atoms with Crippen LogP contribution in [-0.2, 0) is 6.42 Å². The van der Waals surface area contributed by atoms with E-state index in [0.717, 1.165) is 42.6 Å². The fraction of sp³-hybridized carbons (Fsp3) is 0.600. The zero-order valence-corrected chi connectivity index (χ0v) is 15.3. The van der Waals surface area contributed by atoms with E-state index >= 15 is 0 Å². The lowest BCUT2D eigenvalue weighted by atomic mass is 9.72. The molecule has 0 spiro atoms. The molecule has 1 aliphatic heterocycles. The topological polar surface area (TPSA) is 66.8 Å². The van der Waals surface area contributed by atoms with E-state index in [1.54, 1.807) is 4.90 Å². The van der Waals surface area contributed by atoms with Crippen LogP contribution in [0.15, 0.2) is 18.2 Å². The number of likely N-dealkylation sites (tertiary alicyclic amines) is 1. The highest BCUT2D eigenvalue weighted by Gasteiger charge is 2.52. The minimum Gasteiger partial charge on any atom is -0.491 e. The first-order chi connectivity index (χ1) is 11.8. The third-order valence-electron chi connectivity index (χ3n) is 5.85. The fourth-order valence-corrected chi connectivity index (χ4v) is 4.28. The average Bonchev–Trinajstić information content (AvgIpc) is 2.99. The summed E-state index contributed by atoms with van der Waals surface area (Å²) in [5, 5.41) is 9.66. The SMILES string of the molecule is CC(C)(C)[C@@]1(COc2cccc3c2CCCC3=O)CCCN1C(=O)O. The lowest BCUT2D eigenvalue weighted by molar-refractivity contribution is -0.00392. The Morgan fingerprint density at radius 1 is 1.28 bits per heavy atom. The number of ketones is 1. The molecule has 5 nitrogen and oxygen atoms in total. The van der Waals surface area contributed by atoms with E-state index in [1.165, 1.54) is 0 Å². The third-order valence-corrected chi connectivity index (χ3v) is 5.85. The van der Waals surface area contributed by atoms with Crippen LogP contribution in [0.3, 0.4) is 0 Å². The van der Waals surface area contributed by atoms with Gasteiger partial charge in [0.2, 0.25) is 0 Å². The molecule has 5 heteroatoms. The Balaban J connectivity index is 1.90. The summed E-state index contributed by atoms with van der Waals surface area (Å²) in [4.78, 5) is 25.4. The minimum atomic E-state index is -0.888. The van der Waals surface area contributed by atoms with Crippen molar-refractivity contribution in [3.8, 4) is 5.75 Å². The van der Waals surface area contributed by atoms with Crippen LogP contribution in [0.2, 0.25) is 0 Å². The van der Waals surface area contributed by atoms with Gasteiger partial charge < -0.3 is 9.84 Å². The summed E-state index contributed by atoms with van der Waals surface area (Å²) in [5.41, 5.74) is 0.935. The number of hydrogen-bond donors (Lipinski definition) is 1. The van der Waals surface area contributed by atoms with Crippen molar-refractivity contribution in [3.05, 3.63) is 29.3 Å². The standard InChI is InChI=1S/C20H27NO4/c1-19(2,3)20(11-6-12-21(20)18(23)24)13-25-17-10-5-7-14-15(17)8-4-9-16(14)22/h5,7,10H,4,6,8-9,11-13H2,1-3H3,(H,23,24)/t20-/m0/s1. The van der Waals surface area contributed by atoms with Gasteiger partial charge in [-0.2, -0.15) is 0 Å². The summed E-state index contributed by atoms with van der Waals surface area (Å²) in [7, 11) is 0. The van der Waals surface area contributed by atoms with Crippen molar-refractivity contribution in [1.29, 1.82) is 0 Å². The molecule has 1 N–H and O–H groups in total. The lowest BCUT2D eigenvalue weighted by Gasteiger charge is -2.46. The quantitative estimate of drug-likeness (QED) is 0.894. The van der Waals surface area contributed by atoms with Crippen LogP contribution in [0.4, 0.5) is 4.79 Å². The van der Waals surface area contributed by atoms with Gasteiger partial charge in [-0.05, 0) is 37.2 Å². The highest BCUT2D eigenvalue weighted by molar-refractivity contribution is 5.99. The minimum absolute atomic E-state index is 0.172. The van der Waals surface area contributed by atoms with Crippen molar-refractivity contribution in [2.24, 2.45) is 5.41 Å².